The zero-order valence-electron chi connectivity index (χ0n) is 16.8. The minimum absolute atomic E-state index is 0.436. The van der Waals surface area contributed by atoms with Gasteiger partial charge in [-0.05, 0) is 22.9 Å². The highest BCUT2D eigenvalue weighted by molar-refractivity contribution is 5.86. The molecule has 0 amide bonds. The van der Waals surface area contributed by atoms with Crippen molar-refractivity contribution in [3.05, 3.63) is 36.4 Å². The Morgan fingerprint density at radius 1 is 0.414 bits per heavy atom. The first kappa shape index (κ1) is 21.8. The first-order valence-electron chi connectivity index (χ1n) is 10.1. The highest BCUT2D eigenvalue weighted by atomic mass is 16.6. The molecule has 1 heterocycles. The normalized spacial score (nSPS) is 19.3. The van der Waals surface area contributed by atoms with Crippen LogP contribution in [0.15, 0.2) is 36.4 Å². The fraction of sp³-hybridized carbons (Fsp3) is 0.545. The van der Waals surface area contributed by atoms with E-state index in [1.165, 1.54) is 0 Å². The molecule has 7 nitrogen and oxygen atoms in total. The van der Waals surface area contributed by atoms with E-state index in [2.05, 4.69) is 12.1 Å². The van der Waals surface area contributed by atoms with Crippen LogP contribution in [0.2, 0.25) is 0 Å². The first-order chi connectivity index (χ1) is 14.4. The average Bonchev–Trinajstić information content (AvgIpc) is 2.74. The van der Waals surface area contributed by atoms with Crippen LogP contribution in [-0.4, -0.2) is 79.3 Å². The van der Waals surface area contributed by atoms with Crippen LogP contribution in [0, 0.1) is 0 Å². The van der Waals surface area contributed by atoms with Crippen molar-refractivity contribution in [2.45, 2.75) is 0 Å². The van der Waals surface area contributed by atoms with Crippen LogP contribution in [0.1, 0.15) is 0 Å². The molecule has 160 valence electrons. The van der Waals surface area contributed by atoms with E-state index >= 15 is 0 Å². The van der Waals surface area contributed by atoms with E-state index in [9.17, 15) is 0 Å². The van der Waals surface area contributed by atoms with Crippen molar-refractivity contribution in [2.75, 3.05) is 79.3 Å². The number of ether oxygens (including phenoxy) is 7. The molecular formula is C22H30O7. The summed E-state index contributed by atoms with van der Waals surface area (Å²) in [6.07, 6.45) is 0. The second-order valence-corrected chi connectivity index (χ2v) is 6.40. The third-order valence-corrected chi connectivity index (χ3v) is 4.27. The molecule has 29 heavy (non-hydrogen) atoms. The monoisotopic (exact) mass is 406 g/mol. The Kier molecular flexibility index (Phi) is 10.0. The van der Waals surface area contributed by atoms with Gasteiger partial charge in [-0.1, -0.05) is 24.3 Å². The largest absolute Gasteiger partial charge is 0.487 e. The SMILES string of the molecule is c1ccc2cc3c(cc2c1)OCCOCCOCCOCCOCCOCCO3. The smallest absolute Gasteiger partial charge is 0.161 e. The lowest BCUT2D eigenvalue weighted by Gasteiger charge is -2.14. The summed E-state index contributed by atoms with van der Waals surface area (Å²) in [7, 11) is 0. The molecule has 3 rings (SSSR count). The van der Waals surface area contributed by atoms with Gasteiger partial charge >= 0.3 is 0 Å². The van der Waals surface area contributed by atoms with Crippen molar-refractivity contribution >= 4 is 10.8 Å². The van der Waals surface area contributed by atoms with Crippen molar-refractivity contribution < 1.29 is 33.2 Å². The predicted octanol–water partition coefficient (Wildman–Crippen LogP) is 2.69. The van der Waals surface area contributed by atoms with Crippen LogP contribution in [0.4, 0.5) is 0 Å². The van der Waals surface area contributed by atoms with E-state index in [0.29, 0.717) is 90.8 Å². The van der Waals surface area contributed by atoms with Gasteiger partial charge in [-0.25, -0.2) is 0 Å². The Morgan fingerprint density at radius 3 is 1.07 bits per heavy atom. The first-order valence-corrected chi connectivity index (χ1v) is 10.1. The Hall–Kier alpha value is -1.90. The summed E-state index contributed by atoms with van der Waals surface area (Å²) >= 11 is 0. The molecule has 1 aliphatic heterocycles. The highest BCUT2D eigenvalue weighted by Gasteiger charge is 2.08. The van der Waals surface area contributed by atoms with E-state index in [-0.39, 0.29) is 0 Å². The van der Waals surface area contributed by atoms with Gasteiger partial charge < -0.3 is 33.2 Å². The van der Waals surface area contributed by atoms with Crippen LogP contribution in [0.5, 0.6) is 11.5 Å². The topological polar surface area (TPSA) is 64.6 Å². The number of benzene rings is 2. The minimum Gasteiger partial charge on any atom is -0.487 e. The van der Waals surface area contributed by atoms with Gasteiger partial charge in [0.2, 0.25) is 0 Å². The standard InChI is InChI=1S/C22H30O7/c1-2-4-20-18-22-21(17-19(20)3-1)28-15-13-26-11-9-24-7-5-23-6-8-25-10-12-27-14-16-29-22/h1-4,17-18H,5-16H2. The summed E-state index contributed by atoms with van der Waals surface area (Å²) in [6, 6.07) is 12.1. The van der Waals surface area contributed by atoms with Crippen molar-refractivity contribution in [2.24, 2.45) is 0 Å². The maximum atomic E-state index is 5.92. The Bertz CT molecular complexity index is 648. The van der Waals surface area contributed by atoms with E-state index < -0.39 is 0 Å². The third-order valence-electron chi connectivity index (χ3n) is 4.27. The molecule has 0 aromatic heterocycles. The van der Waals surface area contributed by atoms with Crippen LogP contribution in [0.25, 0.3) is 10.8 Å². The average molecular weight is 406 g/mol. The van der Waals surface area contributed by atoms with E-state index in [0.717, 1.165) is 10.8 Å². The predicted molar refractivity (Wildman–Crippen MR) is 109 cm³/mol. The Morgan fingerprint density at radius 2 is 0.724 bits per heavy atom. The van der Waals surface area contributed by atoms with Crippen LogP contribution < -0.4 is 9.47 Å². The fourth-order valence-corrected chi connectivity index (χ4v) is 2.83. The molecule has 0 saturated heterocycles. The van der Waals surface area contributed by atoms with Gasteiger partial charge in [0.05, 0.1) is 66.1 Å². The van der Waals surface area contributed by atoms with Crippen molar-refractivity contribution in [1.82, 2.24) is 0 Å². The lowest BCUT2D eigenvalue weighted by molar-refractivity contribution is -0.0134. The summed E-state index contributed by atoms with van der Waals surface area (Å²) in [5.74, 6) is 1.41. The number of rotatable bonds is 0. The maximum absolute atomic E-state index is 5.92. The van der Waals surface area contributed by atoms with Gasteiger partial charge in [0.25, 0.3) is 0 Å². The number of fused-ring (bicyclic) bond motifs is 2. The lowest BCUT2D eigenvalue weighted by Crippen LogP contribution is -2.14. The fourth-order valence-electron chi connectivity index (χ4n) is 2.83. The van der Waals surface area contributed by atoms with Crippen molar-refractivity contribution in [3.8, 4) is 11.5 Å². The van der Waals surface area contributed by atoms with Crippen LogP contribution >= 0.6 is 0 Å². The summed E-state index contributed by atoms with van der Waals surface area (Å²) in [5, 5.41) is 2.20. The van der Waals surface area contributed by atoms with Gasteiger partial charge in [0, 0.05) is 0 Å². The molecule has 0 spiro atoms. The summed E-state index contributed by atoms with van der Waals surface area (Å²) in [4.78, 5) is 0. The molecule has 0 aliphatic carbocycles. The molecule has 2 aromatic rings. The summed E-state index contributed by atoms with van der Waals surface area (Å²) in [6.45, 7) is 6.10. The quantitative estimate of drug-likeness (QED) is 0.666. The van der Waals surface area contributed by atoms with E-state index in [4.69, 9.17) is 33.2 Å². The third kappa shape index (κ3) is 8.16. The van der Waals surface area contributed by atoms with Gasteiger partial charge in [0.1, 0.15) is 13.2 Å². The van der Waals surface area contributed by atoms with Crippen molar-refractivity contribution in [3.63, 3.8) is 0 Å². The number of hydrogen-bond donors (Lipinski definition) is 0. The van der Waals surface area contributed by atoms with Gasteiger partial charge in [0.15, 0.2) is 11.5 Å². The number of hydrogen-bond acceptors (Lipinski definition) is 7. The van der Waals surface area contributed by atoms with Gasteiger partial charge in [-0.2, -0.15) is 0 Å². The highest BCUT2D eigenvalue weighted by Crippen LogP contribution is 2.32. The molecule has 0 fully saturated rings. The maximum Gasteiger partial charge on any atom is 0.161 e. The van der Waals surface area contributed by atoms with Gasteiger partial charge in [-0.3, -0.25) is 0 Å². The summed E-state index contributed by atoms with van der Waals surface area (Å²) in [5.41, 5.74) is 0. The Labute approximate surface area is 171 Å². The minimum atomic E-state index is 0.436. The Balaban J connectivity index is 1.56. The molecule has 7 heteroatoms. The molecular weight excluding hydrogens is 376 g/mol. The van der Waals surface area contributed by atoms with E-state index in [1.807, 2.05) is 24.3 Å². The molecule has 0 atom stereocenters. The molecule has 0 bridgehead atoms. The zero-order valence-corrected chi connectivity index (χ0v) is 16.8. The van der Waals surface area contributed by atoms with Crippen LogP contribution in [0.3, 0.4) is 0 Å². The molecule has 2 aromatic carbocycles. The van der Waals surface area contributed by atoms with Crippen molar-refractivity contribution in [1.29, 1.82) is 0 Å². The molecule has 0 unspecified atom stereocenters. The second-order valence-electron chi connectivity index (χ2n) is 6.40. The molecule has 0 saturated carbocycles. The summed E-state index contributed by atoms with van der Waals surface area (Å²) < 4.78 is 39.3. The van der Waals surface area contributed by atoms with Gasteiger partial charge in [-0.15, -0.1) is 0 Å². The van der Waals surface area contributed by atoms with Crippen LogP contribution in [-0.2, 0) is 23.7 Å². The second kappa shape index (κ2) is 13.3. The lowest BCUT2D eigenvalue weighted by atomic mass is 10.1. The molecule has 1 aliphatic rings. The molecule has 0 radical (unpaired) electrons. The molecule has 0 N–H and O–H groups in total. The zero-order chi connectivity index (χ0) is 20.0. The van der Waals surface area contributed by atoms with E-state index in [1.54, 1.807) is 0 Å².